The summed E-state index contributed by atoms with van der Waals surface area (Å²) in [6.45, 7) is 3.59. The van der Waals surface area contributed by atoms with Crippen molar-refractivity contribution in [2.24, 2.45) is 0 Å². The molecule has 0 heterocycles. The molecule has 0 spiro atoms. The van der Waals surface area contributed by atoms with Crippen molar-refractivity contribution >= 4 is 28.4 Å². The van der Waals surface area contributed by atoms with Crippen LogP contribution in [0.5, 0.6) is 0 Å². The van der Waals surface area contributed by atoms with E-state index in [4.69, 9.17) is 0 Å². The molecule has 0 saturated heterocycles. The number of rotatable bonds is 4. The predicted molar refractivity (Wildman–Crippen MR) is 62.9 cm³/mol. The fraction of sp³-hybridized carbons (Fsp3) is 0.182. The molecule has 0 unspecified atom stereocenters. The standard InChI is InChI=1S/C11H11IO/c1-2-3-7-11(13)9-5-4-6-10(12)8-9/h2,4-6,8H,1,3,7H2. The van der Waals surface area contributed by atoms with Crippen LogP contribution in [0.25, 0.3) is 0 Å². The topological polar surface area (TPSA) is 17.1 Å². The smallest absolute Gasteiger partial charge is 0.163 e. The summed E-state index contributed by atoms with van der Waals surface area (Å²) in [7, 11) is 0. The molecule has 0 bridgehead atoms. The van der Waals surface area contributed by atoms with Crippen LogP contribution in [0.15, 0.2) is 36.9 Å². The van der Waals surface area contributed by atoms with E-state index in [1.807, 2.05) is 24.3 Å². The lowest BCUT2D eigenvalue weighted by Gasteiger charge is -1.98. The van der Waals surface area contributed by atoms with E-state index in [1.54, 1.807) is 6.08 Å². The summed E-state index contributed by atoms with van der Waals surface area (Å²) in [6.07, 6.45) is 3.08. The summed E-state index contributed by atoms with van der Waals surface area (Å²) in [5.41, 5.74) is 0.800. The molecule has 0 aliphatic rings. The van der Waals surface area contributed by atoms with Crippen LogP contribution in [0.3, 0.4) is 0 Å². The van der Waals surface area contributed by atoms with Crippen LogP contribution in [0, 0.1) is 3.57 Å². The Morgan fingerprint density at radius 1 is 1.54 bits per heavy atom. The first-order valence-electron chi connectivity index (χ1n) is 4.13. The molecule has 0 aromatic heterocycles. The van der Waals surface area contributed by atoms with Gasteiger partial charge in [0.05, 0.1) is 0 Å². The Balaban J connectivity index is 2.71. The molecule has 2 heteroatoms. The van der Waals surface area contributed by atoms with Crippen molar-refractivity contribution in [1.29, 1.82) is 0 Å². The van der Waals surface area contributed by atoms with Crippen molar-refractivity contribution in [1.82, 2.24) is 0 Å². The van der Waals surface area contributed by atoms with Gasteiger partial charge in [-0.1, -0.05) is 18.2 Å². The summed E-state index contributed by atoms with van der Waals surface area (Å²) in [5.74, 6) is 0.193. The molecule has 68 valence electrons. The third-order valence-electron chi connectivity index (χ3n) is 1.72. The Labute approximate surface area is 92.0 Å². The summed E-state index contributed by atoms with van der Waals surface area (Å²) in [4.78, 5) is 11.5. The monoisotopic (exact) mass is 286 g/mol. The van der Waals surface area contributed by atoms with Gasteiger partial charge in [-0.25, -0.2) is 0 Å². The van der Waals surface area contributed by atoms with Crippen LogP contribution in [0.1, 0.15) is 23.2 Å². The molecule has 0 fully saturated rings. The fourth-order valence-electron chi connectivity index (χ4n) is 1.04. The van der Waals surface area contributed by atoms with Gasteiger partial charge in [-0.2, -0.15) is 0 Å². The van der Waals surface area contributed by atoms with Gasteiger partial charge in [0, 0.05) is 15.6 Å². The lowest BCUT2D eigenvalue weighted by molar-refractivity contribution is 0.0983. The molecule has 0 saturated carbocycles. The SMILES string of the molecule is C=CCCC(=O)c1cccc(I)c1. The van der Waals surface area contributed by atoms with Crippen molar-refractivity contribution in [3.8, 4) is 0 Å². The molecule has 0 atom stereocenters. The zero-order valence-electron chi connectivity index (χ0n) is 7.29. The second-order valence-corrected chi connectivity index (χ2v) is 4.01. The number of carbonyl (C=O) groups is 1. The van der Waals surface area contributed by atoms with Gasteiger partial charge >= 0.3 is 0 Å². The van der Waals surface area contributed by atoms with E-state index in [0.29, 0.717) is 6.42 Å². The summed E-state index contributed by atoms with van der Waals surface area (Å²) < 4.78 is 1.10. The van der Waals surface area contributed by atoms with Crippen molar-refractivity contribution in [2.45, 2.75) is 12.8 Å². The molecule has 0 amide bonds. The number of benzene rings is 1. The first-order chi connectivity index (χ1) is 6.24. The van der Waals surface area contributed by atoms with Crippen molar-refractivity contribution < 1.29 is 4.79 Å². The van der Waals surface area contributed by atoms with Gasteiger partial charge in [-0.3, -0.25) is 4.79 Å². The van der Waals surface area contributed by atoms with Crippen LogP contribution in [0.2, 0.25) is 0 Å². The Morgan fingerprint density at radius 3 is 2.92 bits per heavy atom. The van der Waals surface area contributed by atoms with Gasteiger partial charge in [0.2, 0.25) is 0 Å². The second-order valence-electron chi connectivity index (χ2n) is 2.76. The minimum atomic E-state index is 0.193. The van der Waals surface area contributed by atoms with Gasteiger partial charge in [0.1, 0.15) is 0 Å². The fourth-order valence-corrected chi connectivity index (χ4v) is 1.58. The summed E-state index contributed by atoms with van der Waals surface area (Å²) in [6, 6.07) is 7.65. The Morgan fingerprint density at radius 2 is 2.31 bits per heavy atom. The number of Topliss-reactive ketones (excluding diaryl/α,β-unsaturated/α-hetero) is 1. The Hall–Kier alpha value is -0.640. The van der Waals surface area contributed by atoms with Gasteiger partial charge in [-0.15, -0.1) is 6.58 Å². The van der Waals surface area contributed by atoms with Gasteiger partial charge in [-0.05, 0) is 41.1 Å². The highest BCUT2D eigenvalue weighted by molar-refractivity contribution is 14.1. The zero-order valence-corrected chi connectivity index (χ0v) is 9.45. The van der Waals surface area contributed by atoms with Crippen molar-refractivity contribution in [3.63, 3.8) is 0 Å². The third kappa shape index (κ3) is 3.30. The molecule has 0 radical (unpaired) electrons. The van der Waals surface area contributed by atoms with Crippen LogP contribution < -0.4 is 0 Å². The Kier molecular flexibility index (Phi) is 4.15. The Bertz CT molecular complexity index is 318. The second kappa shape index (κ2) is 5.17. The molecule has 1 nitrogen and oxygen atoms in total. The molecule has 0 N–H and O–H groups in total. The van der Waals surface area contributed by atoms with Gasteiger partial charge in [0.25, 0.3) is 0 Å². The minimum absolute atomic E-state index is 0.193. The molecular formula is C11H11IO. The van der Waals surface area contributed by atoms with E-state index in [0.717, 1.165) is 15.6 Å². The van der Waals surface area contributed by atoms with Crippen molar-refractivity contribution in [2.75, 3.05) is 0 Å². The highest BCUT2D eigenvalue weighted by Crippen LogP contribution is 2.10. The molecular weight excluding hydrogens is 275 g/mol. The number of carbonyl (C=O) groups excluding carboxylic acids is 1. The molecule has 0 aliphatic carbocycles. The zero-order chi connectivity index (χ0) is 9.68. The van der Waals surface area contributed by atoms with Crippen molar-refractivity contribution in [3.05, 3.63) is 46.1 Å². The lowest BCUT2D eigenvalue weighted by atomic mass is 10.1. The van der Waals surface area contributed by atoms with E-state index in [-0.39, 0.29) is 5.78 Å². The maximum Gasteiger partial charge on any atom is 0.163 e. The number of allylic oxidation sites excluding steroid dienone is 1. The van der Waals surface area contributed by atoms with E-state index < -0.39 is 0 Å². The van der Waals surface area contributed by atoms with E-state index in [2.05, 4.69) is 29.2 Å². The highest BCUT2D eigenvalue weighted by Gasteiger charge is 2.03. The van der Waals surface area contributed by atoms with E-state index in [1.165, 1.54) is 0 Å². The largest absolute Gasteiger partial charge is 0.294 e. The molecule has 13 heavy (non-hydrogen) atoms. The maximum atomic E-state index is 11.5. The maximum absolute atomic E-state index is 11.5. The van der Waals surface area contributed by atoms with E-state index >= 15 is 0 Å². The van der Waals surface area contributed by atoms with Gasteiger partial charge in [0.15, 0.2) is 5.78 Å². The van der Waals surface area contributed by atoms with Crippen LogP contribution in [-0.2, 0) is 0 Å². The number of hydrogen-bond donors (Lipinski definition) is 0. The molecule has 0 aliphatic heterocycles. The number of hydrogen-bond acceptors (Lipinski definition) is 1. The number of ketones is 1. The lowest BCUT2D eigenvalue weighted by Crippen LogP contribution is -1.97. The van der Waals surface area contributed by atoms with Crippen LogP contribution in [-0.4, -0.2) is 5.78 Å². The summed E-state index contributed by atoms with van der Waals surface area (Å²) >= 11 is 2.20. The van der Waals surface area contributed by atoms with Crippen LogP contribution >= 0.6 is 22.6 Å². The average molecular weight is 286 g/mol. The third-order valence-corrected chi connectivity index (χ3v) is 2.39. The minimum Gasteiger partial charge on any atom is -0.294 e. The average Bonchev–Trinajstić information content (AvgIpc) is 2.14. The summed E-state index contributed by atoms with van der Waals surface area (Å²) in [5, 5.41) is 0. The molecule has 1 rings (SSSR count). The highest BCUT2D eigenvalue weighted by atomic mass is 127. The molecule has 1 aromatic carbocycles. The van der Waals surface area contributed by atoms with Crippen LogP contribution in [0.4, 0.5) is 0 Å². The first-order valence-corrected chi connectivity index (χ1v) is 5.21. The quantitative estimate of drug-likeness (QED) is 0.471. The normalized spacial score (nSPS) is 9.62. The van der Waals surface area contributed by atoms with Gasteiger partial charge < -0.3 is 0 Å². The predicted octanol–water partition coefficient (Wildman–Crippen LogP) is 3.44. The first kappa shape index (κ1) is 10.4. The number of halogens is 1. The van der Waals surface area contributed by atoms with E-state index in [9.17, 15) is 4.79 Å². The molecule has 1 aromatic rings.